The molecule has 0 atom stereocenters. The van der Waals surface area contributed by atoms with E-state index in [0.717, 1.165) is 23.8 Å². The molecule has 0 saturated carbocycles. The molecule has 1 aromatic heterocycles. The van der Waals surface area contributed by atoms with Gasteiger partial charge in [-0.25, -0.2) is 4.98 Å². The van der Waals surface area contributed by atoms with Gasteiger partial charge in [0.05, 0.1) is 6.61 Å². The zero-order valence-corrected chi connectivity index (χ0v) is 13.6. The summed E-state index contributed by atoms with van der Waals surface area (Å²) in [6.07, 6.45) is 1.73. The van der Waals surface area contributed by atoms with Crippen molar-refractivity contribution in [1.82, 2.24) is 9.97 Å². The van der Waals surface area contributed by atoms with Gasteiger partial charge in [-0.2, -0.15) is 4.98 Å². The van der Waals surface area contributed by atoms with Crippen LogP contribution in [0.4, 0.5) is 17.5 Å². The highest BCUT2D eigenvalue weighted by Crippen LogP contribution is 2.18. The fraction of sp³-hybridized carbons (Fsp3) is 0.158. The summed E-state index contributed by atoms with van der Waals surface area (Å²) in [6, 6.07) is 19.8. The third kappa shape index (κ3) is 4.46. The second-order valence-electron chi connectivity index (χ2n) is 5.19. The largest absolute Gasteiger partial charge is 0.494 e. The maximum atomic E-state index is 5.44. The first-order chi connectivity index (χ1) is 11.8. The first-order valence-corrected chi connectivity index (χ1v) is 7.94. The summed E-state index contributed by atoms with van der Waals surface area (Å²) in [4.78, 5) is 8.73. The normalized spacial score (nSPS) is 10.2. The first-order valence-electron chi connectivity index (χ1n) is 7.94. The van der Waals surface area contributed by atoms with E-state index in [1.807, 2.05) is 55.5 Å². The molecule has 3 aromatic rings. The average molecular weight is 320 g/mol. The minimum Gasteiger partial charge on any atom is -0.494 e. The lowest BCUT2D eigenvalue weighted by Gasteiger charge is -2.09. The van der Waals surface area contributed by atoms with Crippen LogP contribution in [0.25, 0.3) is 0 Å². The Labute approximate surface area is 141 Å². The SMILES string of the molecule is CCOc1ccc(Nc2nccc(NCc3ccccc3)n2)cc1. The smallest absolute Gasteiger partial charge is 0.229 e. The van der Waals surface area contributed by atoms with Crippen LogP contribution in [0.5, 0.6) is 5.75 Å². The van der Waals surface area contributed by atoms with Gasteiger partial charge >= 0.3 is 0 Å². The van der Waals surface area contributed by atoms with E-state index in [1.54, 1.807) is 6.20 Å². The highest BCUT2D eigenvalue weighted by molar-refractivity contribution is 5.55. The van der Waals surface area contributed by atoms with Gasteiger partial charge in [0.15, 0.2) is 0 Å². The number of aromatic nitrogens is 2. The Bertz CT molecular complexity index is 760. The molecular weight excluding hydrogens is 300 g/mol. The molecule has 1 heterocycles. The number of nitrogens with zero attached hydrogens (tertiary/aromatic N) is 2. The topological polar surface area (TPSA) is 59.1 Å². The van der Waals surface area contributed by atoms with Crippen LogP contribution in [0.2, 0.25) is 0 Å². The van der Waals surface area contributed by atoms with Crippen molar-refractivity contribution < 1.29 is 4.74 Å². The Hall–Kier alpha value is -3.08. The molecule has 0 spiro atoms. The van der Waals surface area contributed by atoms with E-state index in [9.17, 15) is 0 Å². The minimum absolute atomic E-state index is 0.553. The van der Waals surface area contributed by atoms with Crippen molar-refractivity contribution in [2.45, 2.75) is 13.5 Å². The zero-order valence-electron chi connectivity index (χ0n) is 13.6. The van der Waals surface area contributed by atoms with Gasteiger partial charge in [0.25, 0.3) is 0 Å². The third-order valence-corrected chi connectivity index (χ3v) is 3.39. The molecule has 3 rings (SSSR count). The van der Waals surface area contributed by atoms with E-state index in [2.05, 4.69) is 32.7 Å². The lowest BCUT2D eigenvalue weighted by Crippen LogP contribution is -2.04. The van der Waals surface area contributed by atoms with Gasteiger partial charge < -0.3 is 15.4 Å². The zero-order chi connectivity index (χ0) is 16.6. The summed E-state index contributed by atoms with van der Waals surface area (Å²) in [7, 11) is 0. The number of hydrogen-bond donors (Lipinski definition) is 2. The molecule has 0 aliphatic carbocycles. The molecule has 0 unspecified atom stereocenters. The van der Waals surface area contributed by atoms with Gasteiger partial charge in [0, 0.05) is 18.4 Å². The number of hydrogen-bond acceptors (Lipinski definition) is 5. The van der Waals surface area contributed by atoms with Crippen LogP contribution < -0.4 is 15.4 Å². The molecule has 2 N–H and O–H groups in total. The Morgan fingerprint density at radius 1 is 0.958 bits per heavy atom. The van der Waals surface area contributed by atoms with E-state index in [0.29, 0.717) is 12.6 Å². The molecule has 2 aromatic carbocycles. The number of anilines is 3. The van der Waals surface area contributed by atoms with Crippen molar-refractivity contribution in [3.63, 3.8) is 0 Å². The molecule has 0 radical (unpaired) electrons. The maximum Gasteiger partial charge on any atom is 0.229 e. The summed E-state index contributed by atoms with van der Waals surface area (Å²) in [5, 5.41) is 6.50. The van der Waals surface area contributed by atoms with Crippen LogP contribution in [0.3, 0.4) is 0 Å². The van der Waals surface area contributed by atoms with E-state index in [4.69, 9.17) is 4.74 Å². The van der Waals surface area contributed by atoms with Crippen molar-refractivity contribution in [2.24, 2.45) is 0 Å². The van der Waals surface area contributed by atoms with E-state index in [-0.39, 0.29) is 0 Å². The Morgan fingerprint density at radius 2 is 1.75 bits per heavy atom. The highest BCUT2D eigenvalue weighted by atomic mass is 16.5. The molecule has 5 nitrogen and oxygen atoms in total. The molecule has 0 saturated heterocycles. The lowest BCUT2D eigenvalue weighted by molar-refractivity contribution is 0.340. The number of nitrogens with one attached hydrogen (secondary N) is 2. The second-order valence-corrected chi connectivity index (χ2v) is 5.19. The van der Waals surface area contributed by atoms with Crippen LogP contribution in [0.1, 0.15) is 12.5 Å². The molecule has 0 aliphatic heterocycles. The molecule has 5 heteroatoms. The van der Waals surface area contributed by atoms with Crippen LogP contribution in [-0.2, 0) is 6.54 Å². The lowest BCUT2D eigenvalue weighted by atomic mass is 10.2. The second kappa shape index (κ2) is 7.97. The van der Waals surface area contributed by atoms with Crippen molar-refractivity contribution >= 4 is 17.5 Å². The van der Waals surface area contributed by atoms with Crippen LogP contribution >= 0.6 is 0 Å². The van der Waals surface area contributed by atoms with Crippen molar-refractivity contribution in [3.05, 3.63) is 72.4 Å². The monoisotopic (exact) mass is 320 g/mol. The number of benzene rings is 2. The summed E-state index contributed by atoms with van der Waals surface area (Å²) in [6.45, 7) is 3.35. The van der Waals surface area contributed by atoms with Gasteiger partial charge in [-0.3, -0.25) is 0 Å². The van der Waals surface area contributed by atoms with Gasteiger partial charge in [0.2, 0.25) is 5.95 Å². The highest BCUT2D eigenvalue weighted by Gasteiger charge is 2.01. The Balaban J connectivity index is 1.62. The molecule has 24 heavy (non-hydrogen) atoms. The van der Waals surface area contributed by atoms with Gasteiger partial charge in [-0.15, -0.1) is 0 Å². The fourth-order valence-electron chi connectivity index (χ4n) is 2.24. The number of ether oxygens (including phenoxy) is 1. The Kier molecular flexibility index (Phi) is 5.24. The van der Waals surface area contributed by atoms with Gasteiger partial charge in [0.1, 0.15) is 11.6 Å². The summed E-state index contributed by atoms with van der Waals surface area (Å²) in [5.41, 5.74) is 2.12. The van der Waals surface area contributed by atoms with Crippen LogP contribution in [0, 0.1) is 0 Å². The van der Waals surface area contributed by atoms with E-state index < -0.39 is 0 Å². The van der Waals surface area contributed by atoms with Crippen molar-refractivity contribution in [1.29, 1.82) is 0 Å². The molecule has 0 amide bonds. The fourth-order valence-corrected chi connectivity index (χ4v) is 2.24. The van der Waals surface area contributed by atoms with Gasteiger partial charge in [-0.05, 0) is 42.8 Å². The summed E-state index contributed by atoms with van der Waals surface area (Å²) >= 11 is 0. The van der Waals surface area contributed by atoms with E-state index >= 15 is 0 Å². The maximum absolute atomic E-state index is 5.44. The Morgan fingerprint density at radius 3 is 2.50 bits per heavy atom. The molecule has 0 aliphatic rings. The predicted octanol–water partition coefficient (Wildman–Crippen LogP) is 4.23. The van der Waals surface area contributed by atoms with Crippen molar-refractivity contribution in [2.75, 3.05) is 17.2 Å². The molecule has 122 valence electrons. The molecule has 0 bridgehead atoms. The van der Waals surface area contributed by atoms with Crippen molar-refractivity contribution in [3.8, 4) is 5.75 Å². The van der Waals surface area contributed by atoms with Gasteiger partial charge in [-0.1, -0.05) is 30.3 Å². The summed E-state index contributed by atoms with van der Waals surface area (Å²) < 4.78 is 5.44. The summed E-state index contributed by atoms with van der Waals surface area (Å²) in [5.74, 6) is 2.18. The van der Waals surface area contributed by atoms with Crippen LogP contribution in [0.15, 0.2) is 66.9 Å². The van der Waals surface area contributed by atoms with E-state index in [1.165, 1.54) is 5.56 Å². The average Bonchev–Trinajstić information content (AvgIpc) is 2.63. The molecular formula is C19H20N4O. The predicted molar refractivity (Wildman–Crippen MR) is 96.7 cm³/mol. The standard InChI is InChI=1S/C19H20N4O/c1-2-24-17-10-8-16(9-11-17)22-19-20-13-12-18(23-19)21-14-15-6-4-3-5-7-15/h3-13H,2,14H2,1H3,(H2,20,21,22,23). The van der Waals surface area contributed by atoms with Crippen LogP contribution in [-0.4, -0.2) is 16.6 Å². The first kappa shape index (κ1) is 15.8. The molecule has 0 fully saturated rings. The third-order valence-electron chi connectivity index (χ3n) is 3.39. The number of rotatable bonds is 7. The minimum atomic E-state index is 0.553. The quantitative estimate of drug-likeness (QED) is 0.682.